The molecule has 0 radical (unpaired) electrons. The van der Waals surface area contributed by atoms with Gasteiger partial charge in [0, 0.05) is 0 Å². The summed E-state index contributed by atoms with van der Waals surface area (Å²) in [5.74, 6) is 0. The molecule has 24 heavy (non-hydrogen) atoms. The Morgan fingerprint density at radius 2 is 0.917 bits per heavy atom. The highest BCUT2D eigenvalue weighted by Crippen LogP contribution is 2.49. The van der Waals surface area contributed by atoms with Gasteiger partial charge >= 0.3 is 7.60 Å². The largest absolute Gasteiger partial charge is 0.330 e. The van der Waals surface area contributed by atoms with Crippen molar-refractivity contribution in [3.8, 4) is 0 Å². The van der Waals surface area contributed by atoms with Crippen molar-refractivity contribution >= 4 is 7.60 Å². The van der Waals surface area contributed by atoms with Gasteiger partial charge in [0.25, 0.3) is 0 Å². The lowest BCUT2D eigenvalue weighted by atomic mass is 10.2. The maximum atomic E-state index is 12.9. The van der Waals surface area contributed by atoms with Crippen LogP contribution < -0.4 is 0 Å². The average Bonchev–Trinajstić information content (AvgIpc) is 2.58. The molecular weight excluding hydrogens is 319 g/mol. The summed E-state index contributed by atoms with van der Waals surface area (Å²) in [5.41, 5.74) is 0. The second kappa shape index (κ2) is 18.0. The van der Waals surface area contributed by atoms with Crippen molar-refractivity contribution in [2.75, 3.05) is 19.4 Å². The fourth-order valence-corrected chi connectivity index (χ4v) is 4.48. The van der Waals surface area contributed by atoms with Crippen LogP contribution in [0.15, 0.2) is 0 Å². The van der Waals surface area contributed by atoms with Crippen molar-refractivity contribution in [1.82, 2.24) is 0 Å². The molecular formula is C20H43O3P. The molecule has 146 valence electrons. The number of hydrogen-bond acceptors (Lipinski definition) is 3. The summed E-state index contributed by atoms with van der Waals surface area (Å²) in [6, 6.07) is 0. The molecule has 0 aliphatic heterocycles. The van der Waals surface area contributed by atoms with Crippen LogP contribution in [0.3, 0.4) is 0 Å². The minimum absolute atomic E-state index is 0.588. The van der Waals surface area contributed by atoms with E-state index in [1.807, 2.05) is 0 Å². The Labute approximate surface area is 151 Å². The maximum absolute atomic E-state index is 12.9. The van der Waals surface area contributed by atoms with Crippen molar-refractivity contribution in [1.29, 1.82) is 0 Å². The van der Waals surface area contributed by atoms with Crippen LogP contribution in [0.1, 0.15) is 111 Å². The van der Waals surface area contributed by atoms with E-state index in [1.54, 1.807) is 0 Å². The van der Waals surface area contributed by atoms with Crippen molar-refractivity contribution in [3.05, 3.63) is 0 Å². The third-order valence-electron chi connectivity index (χ3n) is 4.36. The zero-order valence-electron chi connectivity index (χ0n) is 16.7. The predicted octanol–water partition coefficient (Wildman–Crippen LogP) is 7.73. The molecule has 0 rings (SSSR count). The van der Waals surface area contributed by atoms with E-state index in [0.717, 1.165) is 25.7 Å². The molecule has 0 unspecified atom stereocenters. The molecule has 0 aliphatic rings. The zero-order valence-corrected chi connectivity index (χ0v) is 17.6. The fraction of sp³-hybridized carbons (Fsp3) is 1.00. The van der Waals surface area contributed by atoms with Crippen LogP contribution in [-0.4, -0.2) is 19.4 Å². The van der Waals surface area contributed by atoms with Gasteiger partial charge in [-0.3, -0.25) is 4.57 Å². The van der Waals surface area contributed by atoms with E-state index in [-0.39, 0.29) is 0 Å². The molecule has 0 aromatic carbocycles. The second-order valence-corrected chi connectivity index (χ2v) is 9.08. The molecule has 0 amide bonds. The Morgan fingerprint density at radius 1 is 0.542 bits per heavy atom. The van der Waals surface area contributed by atoms with Gasteiger partial charge in [-0.05, 0) is 19.3 Å². The van der Waals surface area contributed by atoms with E-state index in [4.69, 9.17) is 9.05 Å². The molecule has 0 saturated heterocycles. The molecule has 0 aromatic heterocycles. The van der Waals surface area contributed by atoms with Gasteiger partial charge in [0.2, 0.25) is 0 Å². The monoisotopic (exact) mass is 362 g/mol. The SMILES string of the molecule is CCCCCCCOP(=O)(CCCCCC)OCCCCCCC. The van der Waals surface area contributed by atoms with Gasteiger partial charge in [0.05, 0.1) is 19.4 Å². The molecule has 0 aliphatic carbocycles. The Hall–Kier alpha value is 0.150. The Morgan fingerprint density at radius 3 is 1.33 bits per heavy atom. The summed E-state index contributed by atoms with van der Waals surface area (Å²) < 4.78 is 24.4. The number of hydrogen-bond donors (Lipinski definition) is 0. The third kappa shape index (κ3) is 15.7. The van der Waals surface area contributed by atoms with Gasteiger partial charge in [0.15, 0.2) is 0 Å². The van der Waals surface area contributed by atoms with E-state index in [1.165, 1.54) is 64.2 Å². The summed E-state index contributed by atoms with van der Waals surface area (Å²) >= 11 is 0. The van der Waals surface area contributed by atoms with Crippen LogP contribution in [-0.2, 0) is 13.6 Å². The minimum Gasteiger partial charge on any atom is -0.309 e. The van der Waals surface area contributed by atoms with Crippen LogP contribution >= 0.6 is 7.60 Å². The lowest BCUT2D eigenvalue weighted by Crippen LogP contribution is -2.03. The van der Waals surface area contributed by atoms with Gasteiger partial charge in [-0.15, -0.1) is 0 Å². The lowest BCUT2D eigenvalue weighted by molar-refractivity contribution is 0.197. The molecule has 0 spiro atoms. The number of rotatable bonds is 19. The lowest BCUT2D eigenvalue weighted by Gasteiger charge is -2.19. The molecule has 0 N–H and O–H groups in total. The zero-order chi connectivity index (χ0) is 17.9. The highest BCUT2D eigenvalue weighted by atomic mass is 31.2. The van der Waals surface area contributed by atoms with E-state index in [2.05, 4.69) is 20.8 Å². The average molecular weight is 363 g/mol. The van der Waals surface area contributed by atoms with Crippen molar-refractivity contribution in [2.45, 2.75) is 111 Å². The van der Waals surface area contributed by atoms with Gasteiger partial charge in [0.1, 0.15) is 0 Å². The molecule has 0 saturated carbocycles. The van der Waals surface area contributed by atoms with E-state index >= 15 is 0 Å². The molecule has 0 fully saturated rings. The first-order chi connectivity index (χ1) is 11.7. The molecule has 0 aromatic rings. The summed E-state index contributed by atoms with van der Waals surface area (Å²) in [6.07, 6.45) is 17.0. The van der Waals surface area contributed by atoms with Crippen LogP contribution in [0.2, 0.25) is 0 Å². The van der Waals surface area contributed by atoms with Gasteiger partial charge < -0.3 is 9.05 Å². The van der Waals surface area contributed by atoms with Crippen molar-refractivity contribution in [3.63, 3.8) is 0 Å². The van der Waals surface area contributed by atoms with Gasteiger partial charge in [-0.1, -0.05) is 91.4 Å². The van der Waals surface area contributed by atoms with Gasteiger partial charge in [-0.25, -0.2) is 0 Å². The molecule has 3 nitrogen and oxygen atoms in total. The molecule has 0 bridgehead atoms. The minimum atomic E-state index is -2.87. The van der Waals surface area contributed by atoms with E-state index < -0.39 is 7.60 Å². The first-order valence-corrected chi connectivity index (χ1v) is 12.3. The van der Waals surface area contributed by atoms with Crippen LogP contribution in [0.5, 0.6) is 0 Å². The Kier molecular flexibility index (Phi) is 18.1. The third-order valence-corrected chi connectivity index (χ3v) is 6.37. The standard InChI is InChI=1S/C20H43O3P/c1-4-7-10-13-15-18-22-24(21,20-17-12-9-6-3)23-19-16-14-11-8-5-2/h4-20H2,1-3H3. The molecule has 0 heterocycles. The van der Waals surface area contributed by atoms with E-state index in [0.29, 0.717) is 19.4 Å². The van der Waals surface area contributed by atoms with Crippen molar-refractivity contribution < 1.29 is 13.6 Å². The highest BCUT2D eigenvalue weighted by molar-refractivity contribution is 7.53. The van der Waals surface area contributed by atoms with Crippen LogP contribution in [0.4, 0.5) is 0 Å². The topological polar surface area (TPSA) is 35.5 Å². The summed E-state index contributed by atoms with van der Waals surface area (Å²) in [5, 5.41) is 0. The Bertz CT molecular complexity index is 275. The molecule has 4 heteroatoms. The number of unbranched alkanes of at least 4 members (excludes halogenated alkanes) is 11. The summed E-state index contributed by atoms with van der Waals surface area (Å²) in [7, 11) is -2.87. The first kappa shape index (κ1) is 24.1. The summed E-state index contributed by atoms with van der Waals surface area (Å²) in [4.78, 5) is 0. The predicted molar refractivity (Wildman–Crippen MR) is 106 cm³/mol. The van der Waals surface area contributed by atoms with Crippen LogP contribution in [0.25, 0.3) is 0 Å². The normalized spacial score (nSPS) is 12.0. The fourth-order valence-electron chi connectivity index (χ4n) is 2.72. The summed E-state index contributed by atoms with van der Waals surface area (Å²) in [6.45, 7) is 7.80. The quantitative estimate of drug-likeness (QED) is 0.174. The first-order valence-electron chi connectivity index (χ1n) is 10.6. The Balaban J connectivity index is 4.01. The van der Waals surface area contributed by atoms with E-state index in [9.17, 15) is 4.57 Å². The van der Waals surface area contributed by atoms with Crippen LogP contribution in [0, 0.1) is 0 Å². The van der Waals surface area contributed by atoms with Gasteiger partial charge in [-0.2, -0.15) is 0 Å². The second-order valence-electron chi connectivity index (χ2n) is 6.89. The molecule has 0 atom stereocenters. The van der Waals surface area contributed by atoms with Crippen molar-refractivity contribution in [2.24, 2.45) is 0 Å². The smallest absolute Gasteiger partial charge is 0.309 e. The maximum Gasteiger partial charge on any atom is 0.330 e. The highest BCUT2D eigenvalue weighted by Gasteiger charge is 2.23.